The average Bonchev–Trinajstić information content (AvgIpc) is 2.41. The molecule has 0 aliphatic carbocycles. The Morgan fingerprint density at radius 1 is 1.32 bits per heavy atom. The van der Waals surface area contributed by atoms with E-state index in [4.69, 9.17) is 16.2 Å². The largest absolute Gasteiger partial charge is 0.497 e. The molecule has 98 valence electrons. The minimum absolute atomic E-state index is 0.283. The molecule has 0 spiro atoms. The molecule has 19 heavy (non-hydrogen) atoms. The number of hydrogen-bond donors (Lipinski definition) is 2. The first-order valence-corrected chi connectivity index (χ1v) is 6.29. The van der Waals surface area contributed by atoms with Gasteiger partial charge >= 0.3 is 0 Å². The van der Waals surface area contributed by atoms with Crippen LogP contribution in [0.2, 0.25) is 0 Å². The fraction of sp³-hybridized carbons (Fsp3) is 0.0769. The molecule has 0 unspecified atom stereocenters. The molecule has 0 fully saturated rings. The van der Waals surface area contributed by atoms with Crippen molar-refractivity contribution in [3.8, 4) is 5.75 Å². The lowest BCUT2D eigenvalue weighted by molar-refractivity contribution is 0.100. The second kappa shape index (κ2) is 5.62. The van der Waals surface area contributed by atoms with Crippen LogP contribution < -0.4 is 16.2 Å². The van der Waals surface area contributed by atoms with Gasteiger partial charge in [-0.15, -0.1) is 0 Å². The third kappa shape index (κ3) is 3.17. The molecular formula is C13H13N3O2S. The third-order valence-electron chi connectivity index (χ3n) is 2.46. The molecule has 0 aliphatic rings. The van der Waals surface area contributed by atoms with Gasteiger partial charge in [-0.2, -0.15) is 0 Å². The van der Waals surface area contributed by atoms with E-state index in [1.165, 1.54) is 18.0 Å². The van der Waals surface area contributed by atoms with Gasteiger partial charge in [0.05, 0.1) is 24.6 Å². The minimum Gasteiger partial charge on any atom is -0.497 e. The zero-order valence-electron chi connectivity index (χ0n) is 10.3. The Labute approximate surface area is 115 Å². The number of methoxy groups -OCH3 is 1. The SMILES string of the molecule is COc1ccc(Sc2cc(C(N)=O)c(N)cn2)cc1. The number of carbonyl (C=O) groups excluding carboxylic acids is 1. The first kappa shape index (κ1) is 13.2. The molecule has 0 saturated heterocycles. The van der Waals surface area contributed by atoms with Gasteiger partial charge in [-0.05, 0) is 30.3 Å². The molecule has 4 N–H and O–H groups in total. The molecule has 1 aromatic heterocycles. The Kier molecular flexibility index (Phi) is 3.91. The van der Waals surface area contributed by atoms with Crippen LogP contribution in [0.4, 0.5) is 5.69 Å². The Morgan fingerprint density at radius 3 is 2.58 bits per heavy atom. The van der Waals surface area contributed by atoms with E-state index < -0.39 is 5.91 Å². The molecule has 5 nitrogen and oxygen atoms in total. The molecule has 6 heteroatoms. The van der Waals surface area contributed by atoms with Gasteiger partial charge in [-0.25, -0.2) is 4.98 Å². The molecule has 0 aliphatic heterocycles. The van der Waals surface area contributed by atoms with Crippen molar-refractivity contribution in [3.63, 3.8) is 0 Å². The second-order valence-corrected chi connectivity index (χ2v) is 4.85. The molecule has 0 atom stereocenters. The third-order valence-corrected chi connectivity index (χ3v) is 3.40. The number of primary amides is 1. The number of amides is 1. The van der Waals surface area contributed by atoms with Gasteiger partial charge in [0, 0.05) is 4.90 Å². The number of rotatable bonds is 4. The predicted molar refractivity (Wildman–Crippen MR) is 74.3 cm³/mol. The van der Waals surface area contributed by atoms with Crippen LogP contribution in [0.5, 0.6) is 5.75 Å². The first-order valence-electron chi connectivity index (χ1n) is 5.47. The van der Waals surface area contributed by atoms with Gasteiger partial charge in [-0.3, -0.25) is 4.79 Å². The van der Waals surface area contributed by atoms with Crippen molar-refractivity contribution < 1.29 is 9.53 Å². The summed E-state index contributed by atoms with van der Waals surface area (Å²) in [4.78, 5) is 16.3. The lowest BCUT2D eigenvalue weighted by Gasteiger charge is -2.05. The molecule has 2 aromatic rings. The molecule has 1 heterocycles. The van der Waals surface area contributed by atoms with Crippen LogP contribution in [0.1, 0.15) is 10.4 Å². The van der Waals surface area contributed by atoms with Gasteiger partial charge in [0.1, 0.15) is 10.8 Å². The van der Waals surface area contributed by atoms with Crippen molar-refractivity contribution in [1.29, 1.82) is 0 Å². The molecule has 0 bridgehead atoms. The maximum atomic E-state index is 11.2. The average molecular weight is 275 g/mol. The van der Waals surface area contributed by atoms with Crippen LogP contribution >= 0.6 is 11.8 Å². The molecule has 1 aromatic carbocycles. The standard InChI is InChI=1S/C13H13N3O2S/c1-18-8-2-4-9(5-3-8)19-12-6-10(13(15)17)11(14)7-16-12/h2-7H,14H2,1H3,(H2,15,17). The van der Waals surface area contributed by atoms with Crippen LogP contribution in [0.25, 0.3) is 0 Å². The van der Waals surface area contributed by atoms with Gasteiger partial charge in [0.25, 0.3) is 5.91 Å². The fourth-order valence-electron chi connectivity index (χ4n) is 1.48. The van der Waals surface area contributed by atoms with Crippen LogP contribution in [0, 0.1) is 0 Å². The number of nitrogens with zero attached hydrogens (tertiary/aromatic N) is 1. The number of carbonyl (C=O) groups is 1. The van der Waals surface area contributed by atoms with E-state index >= 15 is 0 Å². The van der Waals surface area contributed by atoms with Crippen molar-refractivity contribution in [2.24, 2.45) is 5.73 Å². The smallest absolute Gasteiger partial charge is 0.250 e. The number of anilines is 1. The van der Waals surface area contributed by atoms with Crippen molar-refractivity contribution in [3.05, 3.63) is 42.1 Å². The summed E-state index contributed by atoms with van der Waals surface area (Å²) in [5.74, 6) is 0.226. The predicted octanol–water partition coefficient (Wildman–Crippen LogP) is 1.92. The Bertz CT molecular complexity index is 599. The zero-order valence-corrected chi connectivity index (χ0v) is 11.1. The zero-order chi connectivity index (χ0) is 13.8. The summed E-state index contributed by atoms with van der Waals surface area (Å²) < 4.78 is 5.08. The summed E-state index contributed by atoms with van der Waals surface area (Å²) in [5.41, 5.74) is 11.4. The normalized spacial score (nSPS) is 10.2. The summed E-state index contributed by atoms with van der Waals surface area (Å²) >= 11 is 1.42. The summed E-state index contributed by atoms with van der Waals surface area (Å²) in [5, 5.41) is 0.660. The number of nitrogens with two attached hydrogens (primary N) is 2. The Hall–Kier alpha value is -2.21. The maximum Gasteiger partial charge on any atom is 0.250 e. The van der Waals surface area contributed by atoms with Crippen LogP contribution in [-0.2, 0) is 0 Å². The van der Waals surface area contributed by atoms with Crippen LogP contribution in [0.15, 0.2) is 46.5 Å². The lowest BCUT2D eigenvalue weighted by atomic mass is 10.2. The topological polar surface area (TPSA) is 91.2 Å². The molecular weight excluding hydrogens is 262 g/mol. The Balaban J connectivity index is 2.22. The lowest BCUT2D eigenvalue weighted by Crippen LogP contribution is -2.13. The highest BCUT2D eigenvalue weighted by Gasteiger charge is 2.08. The van der Waals surface area contributed by atoms with Crippen molar-refractivity contribution in [2.75, 3.05) is 12.8 Å². The first-order chi connectivity index (χ1) is 9.10. The molecule has 0 radical (unpaired) electrons. The maximum absolute atomic E-state index is 11.2. The summed E-state index contributed by atoms with van der Waals surface area (Å²) in [6.45, 7) is 0. The minimum atomic E-state index is -0.559. The number of pyridine rings is 1. The summed E-state index contributed by atoms with van der Waals surface area (Å²) in [6, 6.07) is 9.12. The van der Waals surface area contributed by atoms with E-state index in [0.29, 0.717) is 5.03 Å². The summed E-state index contributed by atoms with van der Waals surface area (Å²) in [7, 11) is 1.61. The number of nitrogen functional groups attached to an aromatic ring is 1. The number of aromatic nitrogens is 1. The number of ether oxygens (including phenoxy) is 1. The monoisotopic (exact) mass is 275 g/mol. The summed E-state index contributed by atoms with van der Waals surface area (Å²) in [6.07, 6.45) is 1.44. The fourth-order valence-corrected chi connectivity index (χ4v) is 2.28. The van der Waals surface area contributed by atoms with E-state index in [1.54, 1.807) is 13.2 Å². The van der Waals surface area contributed by atoms with Gasteiger partial charge < -0.3 is 16.2 Å². The number of benzene rings is 1. The van der Waals surface area contributed by atoms with Crippen molar-refractivity contribution in [1.82, 2.24) is 4.98 Å². The van der Waals surface area contributed by atoms with E-state index in [9.17, 15) is 4.79 Å². The van der Waals surface area contributed by atoms with Gasteiger partial charge in [0.2, 0.25) is 0 Å². The second-order valence-electron chi connectivity index (χ2n) is 3.75. The molecule has 2 rings (SSSR count). The van der Waals surface area contributed by atoms with Gasteiger partial charge in [-0.1, -0.05) is 11.8 Å². The van der Waals surface area contributed by atoms with Crippen LogP contribution in [0.3, 0.4) is 0 Å². The van der Waals surface area contributed by atoms with E-state index in [1.807, 2.05) is 24.3 Å². The quantitative estimate of drug-likeness (QED) is 0.889. The van der Waals surface area contributed by atoms with Crippen molar-refractivity contribution >= 4 is 23.4 Å². The molecule has 1 amide bonds. The van der Waals surface area contributed by atoms with E-state index in [0.717, 1.165) is 10.6 Å². The van der Waals surface area contributed by atoms with Crippen LogP contribution in [-0.4, -0.2) is 18.0 Å². The highest BCUT2D eigenvalue weighted by molar-refractivity contribution is 7.99. The highest BCUT2D eigenvalue weighted by atomic mass is 32.2. The Morgan fingerprint density at radius 2 is 2.00 bits per heavy atom. The number of hydrogen-bond acceptors (Lipinski definition) is 5. The van der Waals surface area contributed by atoms with Crippen molar-refractivity contribution in [2.45, 2.75) is 9.92 Å². The molecule has 0 saturated carbocycles. The van der Waals surface area contributed by atoms with E-state index in [-0.39, 0.29) is 11.3 Å². The van der Waals surface area contributed by atoms with E-state index in [2.05, 4.69) is 4.98 Å². The van der Waals surface area contributed by atoms with Gasteiger partial charge in [0.15, 0.2) is 0 Å². The highest BCUT2D eigenvalue weighted by Crippen LogP contribution is 2.29.